The van der Waals surface area contributed by atoms with Crippen molar-refractivity contribution in [3.05, 3.63) is 53.0 Å². The minimum absolute atomic E-state index is 0.0600. The Morgan fingerprint density at radius 3 is 2.44 bits per heavy atom. The highest BCUT2D eigenvalue weighted by molar-refractivity contribution is 5.85. The molecule has 6 rings (SSSR count). The van der Waals surface area contributed by atoms with Crippen LogP contribution in [-0.2, 0) is 4.79 Å². The Balaban J connectivity index is 1.20. The van der Waals surface area contributed by atoms with E-state index in [0.29, 0.717) is 19.5 Å². The second-order valence-electron chi connectivity index (χ2n) is 12.1. The molecule has 36 heavy (non-hydrogen) atoms. The van der Waals surface area contributed by atoms with Gasteiger partial charge in [-0.25, -0.2) is 9.97 Å². The van der Waals surface area contributed by atoms with E-state index in [4.69, 9.17) is 0 Å². The molecule has 4 aliphatic rings. The van der Waals surface area contributed by atoms with Gasteiger partial charge in [-0.2, -0.15) is 0 Å². The SMILES string of the molecule is C[C@@H]1C[C@@H](O)c2ncnc(N3CCN(C(=O)[C@@H](c4ccc(C5CC5)cc4)[C@@H]4CCC(C)(C)N4)CC3)c21. The summed E-state index contributed by atoms with van der Waals surface area (Å²) in [6.07, 6.45) is 6.44. The molecule has 192 valence electrons. The van der Waals surface area contributed by atoms with Crippen LogP contribution in [0.5, 0.6) is 0 Å². The van der Waals surface area contributed by atoms with Crippen molar-refractivity contribution < 1.29 is 9.90 Å². The van der Waals surface area contributed by atoms with Gasteiger partial charge in [0.25, 0.3) is 0 Å². The molecule has 2 aromatic rings. The number of aromatic nitrogens is 2. The number of rotatable bonds is 5. The highest BCUT2D eigenvalue weighted by atomic mass is 16.3. The van der Waals surface area contributed by atoms with Crippen LogP contribution in [0.25, 0.3) is 0 Å². The first kappa shape index (κ1) is 23.9. The van der Waals surface area contributed by atoms with E-state index in [9.17, 15) is 9.90 Å². The normalized spacial score (nSPS) is 28.3. The molecular weight excluding hydrogens is 450 g/mol. The van der Waals surface area contributed by atoms with E-state index in [0.717, 1.165) is 54.5 Å². The summed E-state index contributed by atoms with van der Waals surface area (Å²) < 4.78 is 0. The Bertz CT molecular complexity index is 1120. The maximum atomic E-state index is 14.1. The van der Waals surface area contributed by atoms with Gasteiger partial charge in [0.05, 0.1) is 17.7 Å². The van der Waals surface area contributed by atoms with Crippen molar-refractivity contribution in [3.8, 4) is 0 Å². The summed E-state index contributed by atoms with van der Waals surface area (Å²) in [4.78, 5) is 27.4. The molecule has 2 saturated heterocycles. The second-order valence-corrected chi connectivity index (χ2v) is 12.1. The minimum Gasteiger partial charge on any atom is -0.387 e. The lowest BCUT2D eigenvalue weighted by atomic mass is 9.88. The first-order valence-corrected chi connectivity index (χ1v) is 13.7. The number of anilines is 1. The van der Waals surface area contributed by atoms with E-state index in [-0.39, 0.29) is 29.3 Å². The van der Waals surface area contributed by atoms with Crippen molar-refractivity contribution in [3.63, 3.8) is 0 Å². The monoisotopic (exact) mass is 489 g/mol. The Hall–Kier alpha value is -2.51. The lowest BCUT2D eigenvalue weighted by Crippen LogP contribution is -2.53. The number of hydrogen-bond donors (Lipinski definition) is 2. The average molecular weight is 490 g/mol. The molecule has 1 aromatic carbocycles. The van der Waals surface area contributed by atoms with Crippen molar-refractivity contribution in [2.24, 2.45) is 0 Å². The van der Waals surface area contributed by atoms with Gasteiger partial charge in [-0.3, -0.25) is 4.79 Å². The second kappa shape index (κ2) is 9.10. The van der Waals surface area contributed by atoms with Gasteiger partial charge in [0.2, 0.25) is 5.91 Å². The zero-order valence-corrected chi connectivity index (χ0v) is 21.8. The summed E-state index contributed by atoms with van der Waals surface area (Å²) in [6, 6.07) is 9.06. The molecule has 0 spiro atoms. The standard InChI is InChI=1S/C29H39N5O2/c1-18-16-23(35)26-24(18)27(31-17-30-26)33-12-14-34(15-13-33)28(36)25(22-10-11-29(2,3)32-22)21-8-6-20(7-9-21)19-4-5-19/h6-9,17-19,22-23,25,32,35H,4-5,10-16H2,1-3H3/t18-,22+,23-,25+/m1/s1. The summed E-state index contributed by atoms with van der Waals surface area (Å²) >= 11 is 0. The number of carbonyl (C=O) groups is 1. The van der Waals surface area contributed by atoms with Crippen LogP contribution < -0.4 is 10.2 Å². The Morgan fingerprint density at radius 2 is 1.81 bits per heavy atom. The van der Waals surface area contributed by atoms with Gasteiger partial charge >= 0.3 is 0 Å². The fourth-order valence-corrected chi connectivity index (χ4v) is 6.64. The Morgan fingerprint density at radius 1 is 1.08 bits per heavy atom. The highest BCUT2D eigenvalue weighted by Gasteiger charge is 2.41. The van der Waals surface area contributed by atoms with Gasteiger partial charge in [-0.05, 0) is 68.9 Å². The van der Waals surface area contributed by atoms with Gasteiger partial charge in [0.15, 0.2) is 0 Å². The van der Waals surface area contributed by atoms with Crippen molar-refractivity contribution in [2.75, 3.05) is 31.1 Å². The number of aliphatic hydroxyl groups excluding tert-OH is 1. The van der Waals surface area contributed by atoms with Gasteiger partial charge in [0.1, 0.15) is 12.1 Å². The third kappa shape index (κ3) is 4.41. The molecule has 2 aliphatic heterocycles. The lowest BCUT2D eigenvalue weighted by molar-refractivity contribution is -0.133. The maximum Gasteiger partial charge on any atom is 0.231 e. The third-order valence-corrected chi connectivity index (χ3v) is 8.84. The molecule has 2 aliphatic carbocycles. The molecule has 1 aromatic heterocycles. The molecule has 1 saturated carbocycles. The molecule has 7 nitrogen and oxygen atoms in total. The first-order chi connectivity index (χ1) is 17.3. The van der Waals surface area contributed by atoms with Crippen LogP contribution in [0.4, 0.5) is 5.82 Å². The number of carbonyl (C=O) groups excluding carboxylic acids is 1. The van der Waals surface area contributed by atoms with E-state index in [1.807, 2.05) is 0 Å². The smallest absolute Gasteiger partial charge is 0.231 e. The van der Waals surface area contributed by atoms with Crippen LogP contribution in [0.15, 0.2) is 30.6 Å². The summed E-state index contributed by atoms with van der Waals surface area (Å²) in [6.45, 7) is 9.46. The number of amides is 1. The number of piperazine rings is 1. The lowest BCUT2D eigenvalue weighted by Gasteiger charge is -2.39. The van der Waals surface area contributed by atoms with Crippen LogP contribution in [0.2, 0.25) is 0 Å². The maximum absolute atomic E-state index is 14.1. The molecule has 1 amide bonds. The molecule has 0 bridgehead atoms. The molecule has 0 radical (unpaired) electrons. The third-order valence-electron chi connectivity index (χ3n) is 8.84. The first-order valence-electron chi connectivity index (χ1n) is 13.7. The van der Waals surface area contributed by atoms with Crippen LogP contribution in [-0.4, -0.2) is 63.6 Å². The van der Waals surface area contributed by atoms with Crippen molar-refractivity contribution in [1.29, 1.82) is 0 Å². The number of nitrogens with one attached hydrogen (secondary N) is 1. The number of nitrogens with zero attached hydrogens (tertiary/aromatic N) is 4. The summed E-state index contributed by atoms with van der Waals surface area (Å²) in [5, 5.41) is 14.2. The Kier molecular flexibility index (Phi) is 6.03. The van der Waals surface area contributed by atoms with Crippen molar-refractivity contribution >= 4 is 11.7 Å². The van der Waals surface area contributed by atoms with Gasteiger partial charge in [-0.1, -0.05) is 31.2 Å². The van der Waals surface area contributed by atoms with E-state index < -0.39 is 6.10 Å². The zero-order chi connectivity index (χ0) is 25.0. The molecular formula is C29H39N5O2. The van der Waals surface area contributed by atoms with E-state index in [1.165, 1.54) is 18.4 Å². The van der Waals surface area contributed by atoms with Crippen LogP contribution in [0.3, 0.4) is 0 Å². The minimum atomic E-state index is -0.505. The average Bonchev–Trinajstić information content (AvgIpc) is 3.61. The van der Waals surface area contributed by atoms with Gasteiger partial charge in [0, 0.05) is 43.3 Å². The Labute approximate surface area is 214 Å². The number of hydrogen-bond acceptors (Lipinski definition) is 6. The number of aliphatic hydroxyl groups is 1. The fraction of sp³-hybridized carbons (Fsp3) is 0.621. The molecule has 7 heteroatoms. The number of benzene rings is 1. The van der Waals surface area contributed by atoms with Crippen LogP contribution in [0, 0.1) is 0 Å². The van der Waals surface area contributed by atoms with E-state index in [2.05, 4.69) is 70.1 Å². The molecule has 3 heterocycles. The molecule has 4 atom stereocenters. The summed E-state index contributed by atoms with van der Waals surface area (Å²) in [5.41, 5.74) is 4.46. The van der Waals surface area contributed by atoms with Gasteiger partial charge in [-0.15, -0.1) is 0 Å². The summed E-state index contributed by atoms with van der Waals surface area (Å²) in [7, 11) is 0. The molecule has 3 fully saturated rings. The number of fused-ring (bicyclic) bond motifs is 1. The fourth-order valence-electron chi connectivity index (χ4n) is 6.64. The zero-order valence-electron chi connectivity index (χ0n) is 21.8. The van der Waals surface area contributed by atoms with E-state index >= 15 is 0 Å². The summed E-state index contributed by atoms with van der Waals surface area (Å²) in [5.74, 6) is 1.97. The quantitative estimate of drug-likeness (QED) is 0.664. The topological polar surface area (TPSA) is 81.6 Å². The van der Waals surface area contributed by atoms with Crippen LogP contribution >= 0.6 is 0 Å². The van der Waals surface area contributed by atoms with Crippen molar-refractivity contribution in [2.45, 2.75) is 88.3 Å². The van der Waals surface area contributed by atoms with Gasteiger partial charge < -0.3 is 20.2 Å². The van der Waals surface area contributed by atoms with Crippen molar-refractivity contribution in [1.82, 2.24) is 20.2 Å². The molecule has 2 N–H and O–H groups in total. The predicted molar refractivity (Wildman–Crippen MR) is 140 cm³/mol. The predicted octanol–water partition coefficient (Wildman–Crippen LogP) is 3.86. The van der Waals surface area contributed by atoms with Crippen LogP contribution in [0.1, 0.15) is 99.1 Å². The van der Waals surface area contributed by atoms with E-state index in [1.54, 1.807) is 6.33 Å². The largest absolute Gasteiger partial charge is 0.387 e. The highest BCUT2D eigenvalue weighted by Crippen LogP contribution is 2.43. The molecule has 0 unspecified atom stereocenters.